The summed E-state index contributed by atoms with van der Waals surface area (Å²) >= 11 is 3.41. The summed E-state index contributed by atoms with van der Waals surface area (Å²) in [5, 5.41) is 6.72. The molecule has 0 saturated carbocycles. The molecule has 0 amide bonds. The Bertz CT molecular complexity index is 949. The van der Waals surface area contributed by atoms with E-state index in [1.807, 2.05) is 18.2 Å². The summed E-state index contributed by atoms with van der Waals surface area (Å²) in [7, 11) is 1.69. The predicted octanol–water partition coefficient (Wildman–Crippen LogP) is 5.68. The Labute approximate surface area is 157 Å². The van der Waals surface area contributed by atoms with Crippen LogP contribution >= 0.6 is 15.9 Å². The van der Waals surface area contributed by atoms with Crippen molar-refractivity contribution in [3.05, 3.63) is 57.8 Å². The first-order chi connectivity index (χ1) is 12.4. The van der Waals surface area contributed by atoms with Crippen LogP contribution in [0.5, 0.6) is 0 Å². The molecule has 3 rings (SSSR count). The molecule has 3 aromatic rings. The zero-order chi connectivity index (χ0) is 18.8. The molecular formula is C18H16BrF3N4. The maximum atomic E-state index is 14.4. The molecule has 0 aliphatic carbocycles. The first kappa shape index (κ1) is 18.4. The van der Waals surface area contributed by atoms with Gasteiger partial charge in [-0.05, 0) is 25.1 Å². The highest BCUT2D eigenvalue weighted by Crippen LogP contribution is 2.31. The topological polar surface area (TPSA) is 49.8 Å². The maximum Gasteiger partial charge on any atom is 0.266 e. The zero-order valence-electron chi connectivity index (χ0n) is 14.0. The SMILES string of the molecule is CNc1nc(N[C@H](C)c2cccc(C(F)F)c2F)c2cc(Br)ccc2n1. The molecule has 2 N–H and O–H groups in total. The lowest BCUT2D eigenvalue weighted by molar-refractivity contribution is 0.146. The summed E-state index contributed by atoms with van der Waals surface area (Å²) in [5.74, 6) is -0.0257. The first-order valence-electron chi connectivity index (χ1n) is 7.88. The Morgan fingerprint density at radius 2 is 1.81 bits per heavy atom. The fraction of sp³-hybridized carbons (Fsp3) is 0.222. The number of rotatable bonds is 5. The van der Waals surface area contributed by atoms with Crippen molar-refractivity contribution in [3.8, 4) is 0 Å². The zero-order valence-corrected chi connectivity index (χ0v) is 15.6. The molecule has 1 aromatic heterocycles. The molecule has 0 saturated heterocycles. The third-order valence-electron chi connectivity index (χ3n) is 3.99. The molecule has 0 radical (unpaired) electrons. The normalized spacial score (nSPS) is 12.4. The van der Waals surface area contributed by atoms with Gasteiger partial charge in [0.25, 0.3) is 6.43 Å². The number of fused-ring (bicyclic) bond motifs is 1. The van der Waals surface area contributed by atoms with Crippen LogP contribution in [0.15, 0.2) is 40.9 Å². The largest absolute Gasteiger partial charge is 0.363 e. The van der Waals surface area contributed by atoms with Gasteiger partial charge < -0.3 is 10.6 Å². The van der Waals surface area contributed by atoms with Crippen LogP contribution in [0.2, 0.25) is 0 Å². The molecule has 1 atom stereocenters. The summed E-state index contributed by atoms with van der Waals surface area (Å²) < 4.78 is 41.2. The van der Waals surface area contributed by atoms with E-state index in [-0.39, 0.29) is 5.56 Å². The van der Waals surface area contributed by atoms with Gasteiger partial charge in [0.15, 0.2) is 0 Å². The van der Waals surface area contributed by atoms with E-state index in [2.05, 4.69) is 36.5 Å². The van der Waals surface area contributed by atoms with Gasteiger partial charge in [-0.1, -0.05) is 34.1 Å². The number of anilines is 2. The summed E-state index contributed by atoms with van der Waals surface area (Å²) in [6.07, 6.45) is -2.87. The second-order valence-electron chi connectivity index (χ2n) is 5.72. The summed E-state index contributed by atoms with van der Waals surface area (Å²) in [6, 6.07) is 8.95. The second-order valence-corrected chi connectivity index (χ2v) is 6.64. The van der Waals surface area contributed by atoms with Crippen molar-refractivity contribution in [1.29, 1.82) is 0 Å². The van der Waals surface area contributed by atoms with Crippen molar-refractivity contribution in [2.45, 2.75) is 19.4 Å². The van der Waals surface area contributed by atoms with Crippen molar-refractivity contribution in [1.82, 2.24) is 9.97 Å². The average molecular weight is 425 g/mol. The molecule has 0 spiro atoms. The molecule has 1 heterocycles. The number of nitrogens with one attached hydrogen (secondary N) is 2. The van der Waals surface area contributed by atoms with E-state index >= 15 is 0 Å². The van der Waals surface area contributed by atoms with Crippen LogP contribution in [0, 0.1) is 5.82 Å². The number of benzene rings is 2. The van der Waals surface area contributed by atoms with E-state index in [0.717, 1.165) is 15.9 Å². The minimum absolute atomic E-state index is 0.149. The Balaban J connectivity index is 2.03. The van der Waals surface area contributed by atoms with Crippen LogP contribution in [0.4, 0.5) is 24.9 Å². The van der Waals surface area contributed by atoms with E-state index in [9.17, 15) is 13.2 Å². The molecule has 0 bridgehead atoms. The van der Waals surface area contributed by atoms with Gasteiger partial charge in [0.05, 0.1) is 17.1 Å². The van der Waals surface area contributed by atoms with Gasteiger partial charge in [-0.2, -0.15) is 4.98 Å². The third-order valence-corrected chi connectivity index (χ3v) is 4.49. The van der Waals surface area contributed by atoms with Gasteiger partial charge in [-0.15, -0.1) is 0 Å². The standard InChI is InChI=1S/C18H16BrF3N4/c1-9(11-4-3-5-12(15(11)20)16(21)22)24-17-13-8-10(19)6-7-14(13)25-18(23-2)26-17/h3-9,16H,1-2H3,(H2,23,24,25,26)/t9-/m1/s1. The minimum Gasteiger partial charge on any atom is -0.363 e. The van der Waals surface area contributed by atoms with E-state index in [1.54, 1.807) is 14.0 Å². The van der Waals surface area contributed by atoms with Crippen molar-refractivity contribution < 1.29 is 13.2 Å². The Kier molecular flexibility index (Phi) is 5.31. The number of hydrogen-bond acceptors (Lipinski definition) is 4. The van der Waals surface area contributed by atoms with Crippen LogP contribution < -0.4 is 10.6 Å². The molecule has 4 nitrogen and oxygen atoms in total. The second kappa shape index (κ2) is 7.49. The fourth-order valence-corrected chi connectivity index (χ4v) is 3.04. The summed E-state index contributed by atoms with van der Waals surface area (Å²) in [4.78, 5) is 8.76. The average Bonchev–Trinajstić information content (AvgIpc) is 2.61. The van der Waals surface area contributed by atoms with Gasteiger partial charge in [-0.25, -0.2) is 18.2 Å². The summed E-state index contributed by atoms with van der Waals surface area (Å²) in [5.41, 5.74) is 0.238. The van der Waals surface area contributed by atoms with Gasteiger partial charge >= 0.3 is 0 Å². The van der Waals surface area contributed by atoms with E-state index < -0.39 is 23.8 Å². The lowest BCUT2D eigenvalue weighted by atomic mass is 10.0. The van der Waals surface area contributed by atoms with Crippen molar-refractivity contribution in [2.24, 2.45) is 0 Å². The highest BCUT2D eigenvalue weighted by Gasteiger charge is 2.20. The number of nitrogens with zero attached hydrogens (tertiary/aromatic N) is 2. The van der Waals surface area contributed by atoms with Crippen molar-refractivity contribution in [2.75, 3.05) is 17.7 Å². The lowest BCUT2D eigenvalue weighted by Gasteiger charge is -2.19. The third kappa shape index (κ3) is 3.60. The van der Waals surface area contributed by atoms with E-state index in [0.29, 0.717) is 17.3 Å². The van der Waals surface area contributed by atoms with Crippen LogP contribution in [-0.4, -0.2) is 17.0 Å². The Morgan fingerprint density at radius 3 is 2.50 bits per heavy atom. The van der Waals surface area contributed by atoms with Crippen LogP contribution in [-0.2, 0) is 0 Å². The fourth-order valence-electron chi connectivity index (χ4n) is 2.68. The highest BCUT2D eigenvalue weighted by atomic mass is 79.9. The smallest absolute Gasteiger partial charge is 0.266 e. The Hall–Kier alpha value is -2.35. The maximum absolute atomic E-state index is 14.4. The molecule has 0 aliphatic heterocycles. The van der Waals surface area contributed by atoms with Gasteiger partial charge in [-0.3, -0.25) is 0 Å². The van der Waals surface area contributed by atoms with Crippen LogP contribution in [0.3, 0.4) is 0 Å². The first-order valence-corrected chi connectivity index (χ1v) is 8.68. The minimum atomic E-state index is -2.87. The highest BCUT2D eigenvalue weighted by molar-refractivity contribution is 9.10. The van der Waals surface area contributed by atoms with Crippen molar-refractivity contribution in [3.63, 3.8) is 0 Å². The van der Waals surface area contributed by atoms with Crippen molar-refractivity contribution >= 4 is 38.6 Å². The molecule has 0 aliphatic rings. The molecular weight excluding hydrogens is 409 g/mol. The number of aromatic nitrogens is 2. The molecule has 8 heteroatoms. The number of hydrogen-bond donors (Lipinski definition) is 2. The number of alkyl halides is 2. The molecule has 136 valence electrons. The van der Waals surface area contributed by atoms with Crippen LogP contribution in [0.1, 0.15) is 30.5 Å². The predicted molar refractivity (Wildman–Crippen MR) is 100 cm³/mol. The molecule has 2 aromatic carbocycles. The van der Waals surface area contributed by atoms with E-state index in [1.165, 1.54) is 12.1 Å². The van der Waals surface area contributed by atoms with E-state index in [4.69, 9.17) is 0 Å². The quantitative estimate of drug-likeness (QED) is 0.552. The molecule has 0 fully saturated rings. The molecule has 26 heavy (non-hydrogen) atoms. The van der Waals surface area contributed by atoms with Gasteiger partial charge in [0.2, 0.25) is 5.95 Å². The Morgan fingerprint density at radius 1 is 1.08 bits per heavy atom. The monoisotopic (exact) mass is 424 g/mol. The number of halogens is 4. The molecule has 0 unspecified atom stereocenters. The summed E-state index contributed by atoms with van der Waals surface area (Å²) in [6.45, 7) is 1.69. The van der Waals surface area contributed by atoms with Crippen LogP contribution in [0.25, 0.3) is 10.9 Å². The lowest BCUT2D eigenvalue weighted by Crippen LogP contribution is -2.12. The van der Waals surface area contributed by atoms with Gasteiger partial charge in [0.1, 0.15) is 11.6 Å². The van der Waals surface area contributed by atoms with Gasteiger partial charge in [0, 0.05) is 22.5 Å².